The van der Waals surface area contributed by atoms with Crippen LogP contribution >= 0.6 is 0 Å². The summed E-state index contributed by atoms with van der Waals surface area (Å²) in [4.78, 5) is 11.3. The zero-order chi connectivity index (χ0) is 11.6. The Morgan fingerprint density at radius 3 is 2.19 bits per heavy atom. The fourth-order valence-electron chi connectivity index (χ4n) is 3.44. The molecule has 0 aromatic carbocycles. The van der Waals surface area contributed by atoms with Crippen LogP contribution < -0.4 is 5.73 Å². The van der Waals surface area contributed by atoms with Gasteiger partial charge in [0.1, 0.15) is 0 Å². The first kappa shape index (κ1) is 11.9. The highest BCUT2D eigenvalue weighted by molar-refractivity contribution is 5.70. The predicted octanol–water partition coefficient (Wildman–Crippen LogP) is 2.38. The second kappa shape index (κ2) is 4.36. The number of esters is 1. The Hall–Kier alpha value is -0.570. The number of methoxy groups -OCH3 is 1. The highest BCUT2D eigenvalue weighted by Gasteiger charge is 2.42. The van der Waals surface area contributed by atoms with Crippen molar-refractivity contribution in [3.05, 3.63) is 0 Å². The summed E-state index contributed by atoms with van der Waals surface area (Å²) >= 11 is 0. The molecule has 16 heavy (non-hydrogen) atoms. The van der Waals surface area contributed by atoms with Gasteiger partial charge in [0.05, 0.1) is 13.5 Å². The fourth-order valence-corrected chi connectivity index (χ4v) is 3.44. The molecule has 0 radical (unpaired) electrons. The standard InChI is InChI=1S/C13H23NO2/c1-16-11(15)10-13(14)8-6-12(7-9-13)4-2-3-5-12/h2-10,14H2,1H3. The molecule has 1 spiro atoms. The first-order valence-electron chi connectivity index (χ1n) is 6.43. The van der Waals surface area contributed by atoms with Crippen molar-refractivity contribution < 1.29 is 9.53 Å². The molecule has 0 atom stereocenters. The molecule has 0 saturated heterocycles. The van der Waals surface area contributed by atoms with E-state index in [1.165, 1.54) is 45.6 Å². The van der Waals surface area contributed by atoms with Gasteiger partial charge < -0.3 is 10.5 Å². The number of carbonyl (C=O) groups excluding carboxylic acids is 1. The normalized spacial score (nSPS) is 26.9. The SMILES string of the molecule is COC(=O)CC1(N)CCC2(CCCC2)CC1. The average molecular weight is 225 g/mol. The maximum absolute atomic E-state index is 11.3. The molecule has 3 nitrogen and oxygen atoms in total. The van der Waals surface area contributed by atoms with Crippen LogP contribution in [-0.4, -0.2) is 18.6 Å². The Labute approximate surface area is 97.7 Å². The molecule has 0 unspecified atom stereocenters. The molecule has 2 aliphatic rings. The number of carbonyl (C=O) groups is 1. The van der Waals surface area contributed by atoms with Crippen molar-refractivity contribution in [2.75, 3.05) is 7.11 Å². The molecule has 0 heterocycles. The summed E-state index contributed by atoms with van der Waals surface area (Å²) in [7, 11) is 1.44. The molecule has 0 aliphatic heterocycles. The maximum atomic E-state index is 11.3. The van der Waals surface area contributed by atoms with Crippen molar-refractivity contribution in [1.29, 1.82) is 0 Å². The first-order chi connectivity index (χ1) is 7.58. The number of ether oxygens (including phenoxy) is 1. The average Bonchev–Trinajstić information content (AvgIpc) is 2.72. The third-order valence-corrected chi connectivity index (χ3v) is 4.69. The van der Waals surface area contributed by atoms with Crippen LogP contribution in [0.1, 0.15) is 57.8 Å². The summed E-state index contributed by atoms with van der Waals surface area (Å²) < 4.78 is 4.72. The Bertz CT molecular complexity index is 259. The first-order valence-corrected chi connectivity index (χ1v) is 6.43. The van der Waals surface area contributed by atoms with Crippen LogP contribution in [0.15, 0.2) is 0 Å². The minimum Gasteiger partial charge on any atom is -0.469 e. The summed E-state index contributed by atoms with van der Waals surface area (Å²) in [6, 6.07) is 0. The molecule has 92 valence electrons. The van der Waals surface area contributed by atoms with Gasteiger partial charge in [-0.1, -0.05) is 12.8 Å². The molecule has 0 bridgehead atoms. The van der Waals surface area contributed by atoms with Gasteiger partial charge in [-0.15, -0.1) is 0 Å². The molecule has 0 aromatic rings. The lowest BCUT2D eigenvalue weighted by Gasteiger charge is -2.42. The van der Waals surface area contributed by atoms with E-state index >= 15 is 0 Å². The molecule has 3 heteroatoms. The van der Waals surface area contributed by atoms with E-state index in [9.17, 15) is 4.79 Å². The minimum atomic E-state index is -0.291. The van der Waals surface area contributed by atoms with Gasteiger partial charge in [0.2, 0.25) is 0 Å². The van der Waals surface area contributed by atoms with Gasteiger partial charge in [-0.2, -0.15) is 0 Å². The fraction of sp³-hybridized carbons (Fsp3) is 0.923. The number of rotatable bonds is 2. The number of hydrogen-bond donors (Lipinski definition) is 1. The molecule has 2 rings (SSSR count). The lowest BCUT2D eigenvalue weighted by atomic mass is 9.66. The van der Waals surface area contributed by atoms with Crippen LogP contribution in [0.25, 0.3) is 0 Å². The van der Waals surface area contributed by atoms with E-state index in [4.69, 9.17) is 10.5 Å². The van der Waals surface area contributed by atoms with Gasteiger partial charge in [-0.05, 0) is 43.9 Å². The summed E-state index contributed by atoms with van der Waals surface area (Å²) in [6.45, 7) is 0. The van der Waals surface area contributed by atoms with Crippen molar-refractivity contribution in [2.45, 2.75) is 63.3 Å². The lowest BCUT2D eigenvalue weighted by molar-refractivity contribution is -0.142. The molecule has 0 amide bonds. The number of nitrogens with two attached hydrogens (primary N) is 1. The van der Waals surface area contributed by atoms with E-state index in [0.29, 0.717) is 11.8 Å². The van der Waals surface area contributed by atoms with Gasteiger partial charge in [0.25, 0.3) is 0 Å². The monoisotopic (exact) mass is 225 g/mol. The van der Waals surface area contributed by atoms with E-state index in [1.807, 2.05) is 0 Å². The topological polar surface area (TPSA) is 52.3 Å². The Balaban J connectivity index is 1.90. The Morgan fingerprint density at radius 2 is 1.69 bits per heavy atom. The van der Waals surface area contributed by atoms with Gasteiger partial charge in [0.15, 0.2) is 0 Å². The second-order valence-corrected chi connectivity index (χ2v) is 5.82. The van der Waals surface area contributed by atoms with Gasteiger partial charge in [0, 0.05) is 5.54 Å². The smallest absolute Gasteiger partial charge is 0.307 e. The molecule has 2 N–H and O–H groups in total. The van der Waals surface area contributed by atoms with E-state index < -0.39 is 0 Å². The highest BCUT2D eigenvalue weighted by Crippen LogP contribution is 2.51. The van der Waals surface area contributed by atoms with E-state index in [1.54, 1.807) is 0 Å². The van der Waals surface area contributed by atoms with Crippen LogP contribution in [0.4, 0.5) is 0 Å². The molecule has 2 saturated carbocycles. The summed E-state index contributed by atoms with van der Waals surface area (Å²) in [5.41, 5.74) is 6.58. The van der Waals surface area contributed by atoms with E-state index in [-0.39, 0.29) is 11.5 Å². The van der Waals surface area contributed by atoms with Crippen LogP contribution in [0.2, 0.25) is 0 Å². The van der Waals surface area contributed by atoms with Crippen molar-refractivity contribution in [3.8, 4) is 0 Å². The van der Waals surface area contributed by atoms with Crippen LogP contribution in [-0.2, 0) is 9.53 Å². The van der Waals surface area contributed by atoms with Crippen molar-refractivity contribution >= 4 is 5.97 Å². The van der Waals surface area contributed by atoms with E-state index in [2.05, 4.69) is 0 Å². The second-order valence-electron chi connectivity index (χ2n) is 5.82. The zero-order valence-corrected chi connectivity index (χ0v) is 10.3. The number of hydrogen-bond acceptors (Lipinski definition) is 3. The van der Waals surface area contributed by atoms with Gasteiger partial charge in [-0.25, -0.2) is 0 Å². The van der Waals surface area contributed by atoms with Crippen LogP contribution in [0, 0.1) is 5.41 Å². The largest absolute Gasteiger partial charge is 0.469 e. The molecule has 2 aliphatic carbocycles. The van der Waals surface area contributed by atoms with E-state index in [0.717, 1.165) is 12.8 Å². The summed E-state index contributed by atoms with van der Waals surface area (Å²) in [5.74, 6) is -0.162. The van der Waals surface area contributed by atoms with Crippen molar-refractivity contribution in [2.24, 2.45) is 11.1 Å². The van der Waals surface area contributed by atoms with Crippen molar-refractivity contribution in [1.82, 2.24) is 0 Å². The quantitative estimate of drug-likeness (QED) is 0.734. The third-order valence-electron chi connectivity index (χ3n) is 4.69. The van der Waals surface area contributed by atoms with Gasteiger partial charge >= 0.3 is 5.97 Å². The van der Waals surface area contributed by atoms with Crippen molar-refractivity contribution in [3.63, 3.8) is 0 Å². The summed E-state index contributed by atoms with van der Waals surface area (Å²) in [5, 5.41) is 0. The zero-order valence-electron chi connectivity index (χ0n) is 10.3. The molecule has 0 aromatic heterocycles. The molecular formula is C13H23NO2. The Morgan fingerprint density at radius 1 is 1.12 bits per heavy atom. The Kier molecular flexibility index (Phi) is 3.24. The van der Waals surface area contributed by atoms with Gasteiger partial charge in [-0.3, -0.25) is 4.79 Å². The van der Waals surface area contributed by atoms with Crippen LogP contribution in [0.5, 0.6) is 0 Å². The molecule has 2 fully saturated rings. The highest BCUT2D eigenvalue weighted by atomic mass is 16.5. The molecular weight excluding hydrogens is 202 g/mol. The third kappa shape index (κ3) is 2.40. The lowest BCUT2D eigenvalue weighted by Crippen LogP contribution is -2.47. The predicted molar refractivity (Wildman–Crippen MR) is 62.9 cm³/mol. The minimum absolute atomic E-state index is 0.162. The maximum Gasteiger partial charge on any atom is 0.307 e. The summed E-state index contributed by atoms with van der Waals surface area (Å²) in [6.07, 6.45) is 10.3. The van der Waals surface area contributed by atoms with Crippen LogP contribution in [0.3, 0.4) is 0 Å².